The Kier molecular flexibility index (Phi) is 4.69. The van der Waals surface area contributed by atoms with Gasteiger partial charge in [-0.25, -0.2) is 0 Å². The molecule has 7 heteroatoms. The van der Waals surface area contributed by atoms with Gasteiger partial charge in [-0.15, -0.1) is 0 Å². The molecule has 0 radical (unpaired) electrons. The first-order valence-corrected chi connectivity index (χ1v) is 8.58. The predicted molar refractivity (Wildman–Crippen MR) is 86.6 cm³/mol. The number of hydrogen-bond acceptors (Lipinski definition) is 6. The van der Waals surface area contributed by atoms with Gasteiger partial charge in [0.25, 0.3) is 5.91 Å². The SMILES string of the molecule is CC(C)c1noc([C@H]2CCCCN2C(=O)c2cc(C(C)C)on2)n1. The average molecular weight is 332 g/mol. The summed E-state index contributed by atoms with van der Waals surface area (Å²) < 4.78 is 10.7. The Balaban J connectivity index is 1.84. The third-order valence-corrected chi connectivity index (χ3v) is 4.34. The highest BCUT2D eigenvalue weighted by atomic mass is 16.5. The fraction of sp³-hybridized carbons (Fsp3) is 0.647. The molecule has 0 N–H and O–H groups in total. The molecule has 130 valence electrons. The van der Waals surface area contributed by atoms with Crippen molar-refractivity contribution in [3.63, 3.8) is 0 Å². The molecule has 1 atom stereocenters. The lowest BCUT2D eigenvalue weighted by molar-refractivity contribution is 0.0551. The Labute approximate surface area is 141 Å². The van der Waals surface area contributed by atoms with Crippen LogP contribution in [-0.4, -0.2) is 32.6 Å². The molecular formula is C17H24N4O3. The van der Waals surface area contributed by atoms with Gasteiger partial charge >= 0.3 is 0 Å². The quantitative estimate of drug-likeness (QED) is 0.849. The summed E-state index contributed by atoms with van der Waals surface area (Å²) in [6.07, 6.45) is 2.81. The van der Waals surface area contributed by atoms with Crippen molar-refractivity contribution >= 4 is 5.91 Å². The van der Waals surface area contributed by atoms with Gasteiger partial charge in [0.2, 0.25) is 5.89 Å². The number of aromatic nitrogens is 3. The van der Waals surface area contributed by atoms with Crippen LogP contribution in [0.25, 0.3) is 0 Å². The summed E-state index contributed by atoms with van der Waals surface area (Å²) in [6.45, 7) is 8.70. The van der Waals surface area contributed by atoms with Gasteiger partial charge < -0.3 is 13.9 Å². The molecule has 2 aromatic rings. The van der Waals surface area contributed by atoms with Crippen LogP contribution < -0.4 is 0 Å². The Morgan fingerprint density at radius 3 is 2.58 bits per heavy atom. The second-order valence-electron chi connectivity index (χ2n) is 6.92. The molecule has 2 aromatic heterocycles. The van der Waals surface area contributed by atoms with Gasteiger partial charge in [-0.2, -0.15) is 4.98 Å². The number of carbonyl (C=O) groups is 1. The zero-order valence-corrected chi connectivity index (χ0v) is 14.7. The number of piperidine rings is 1. The van der Waals surface area contributed by atoms with E-state index in [0.717, 1.165) is 19.3 Å². The molecule has 1 amide bonds. The number of amides is 1. The second kappa shape index (κ2) is 6.75. The molecule has 0 spiro atoms. The number of likely N-dealkylation sites (tertiary alicyclic amines) is 1. The molecule has 0 aliphatic carbocycles. The minimum atomic E-state index is -0.189. The average Bonchev–Trinajstić information content (AvgIpc) is 3.23. The first-order chi connectivity index (χ1) is 11.5. The molecule has 24 heavy (non-hydrogen) atoms. The number of hydrogen-bond donors (Lipinski definition) is 0. The maximum atomic E-state index is 12.9. The third-order valence-electron chi connectivity index (χ3n) is 4.34. The lowest BCUT2D eigenvalue weighted by Crippen LogP contribution is -2.38. The summed E-state index contributed by atoms with van der Waals surface area (Å²) in [5.41, 5.74) is 0.342. The van der Waals surface area contributed by atoms with Gasteiger partial charge in [0.15, 0.2) is 11.5 Å². The zero-order chi connectivity index (χ0) is 17.3. The normalized spacial score (nSPS) is 18.6. The second-order valence-corrected chi connectivity index (χ2v) is 6.92. The van der Waals surface area contributed by atoms with Crippen molar-refractivity contribution in [2.45, 2.75) is 64.8 Å². The molecule has 1 aliphatic heterocycles. The Hall–Kier alpha value is -2.18. The van der Waals surface area contributed by atoms with Crippen LogP contribution in [-0.2, 0) is 0 Å². The van der Waals surface area contributed by atoms with E-state index >= 15 is 0 Å². The molecule has 0 saturated carbocycles. The largest absolute Gasteiger partial charge is 0.360 e. The maximum absolute atomic E-state index is 12.9. The molecule has 1 aliphatic rings. The van der Waals surface area contributed by atoms with Crippen molar-refractivity contribution in [3.05, 3.63) is 29.2 Å². The lowest BCUT2D eigenvalue weighted by atomic mass is 10.0. The van der Waals surface area contributed by atoms with Crippen LogP contribution in [0.1, 0.15) is 92.8 Å². The third kappa shape index (κ3) is 3.20. The minimum Gasteiger partial charge on any atom is -0.360 e. The van der Waals surface area contributed by atoms with E-state index in [2.05, 4.69) is 15.3 Å². The van der Waals surface area contributed by atoms with Crippen LogP contribution in [0.15, 0.2) is 15.1 Å². The zero-order valence-electron chi connectivity index (χ0n) is 14.7. The maximum Gasteiger partial charge on any atom is 0.276 e. The topological polar surface area (TPSA) is 85.3 Å². The first kappa shape index (κ1) is 16.7. The van der Waals surface area contributed by atoms with E-state index in [9.17, 15) is 4.79 Å². The molecule has 1 fully saturated rings. The smallest absolute Gasteiger partial charge is 0.276 e. The highest BCUT2D eigenvalue weighted by Crippen LogP contribution is 2.32. The summed E-state index contributed by atoms with van der Waals surface area (Å²) in [5, 5.41) is 7.97. The van der Waals surface area contributed by atoms with Crippen molar-refractivity contribution < 1.29 is 13.8 Å². The fourth-order valence-electron chi connectivity index (χ4n) is 2.86. The van der Waals surface area contributed by atoms with E-state index in [-0.39, 0.29) is 23.8 Å². The molecule has 7 nitrogen and oxygen atoms in total. The van der Waals surface area contributed by atoms with Crippen LogP contribution in [0, 0.1) is 0 Å². The number of rotatable bonds is 4. The Morgan fingerprint density at radius 2 is 1.96 bits per heavy atom. The van der Waals surface area contributed by atoms with Crippen LogP contribution in [0.5, 0.6) is 0 Å². The summed E-state index contributed by atoms with van der Waals surface area (Å²) in [4.78, 5) is 19.1. The van der Waals surface area contributed by atoms with E-state index in [1.54, 1.807) is 11.0 Å². The predicted octanol–water partition coefficient (Wildman–Crippen LogP) is 3.67. The highest BCUT2D eigenvalue weighted by molar-refractivity contribution is 5.92. The highest BCUT2D eigenvalue weighted by Gasteiger charge is 2.34. The molecule has 0 bridgehead atoms. The van der Waals surface area contributed by atoms with E-state index in [4.69, 9.17) is 9.05 Å². The summed E-state index contributed by atoms with van der Waals surface area (Å²) in [6, 6.07) is 1.54. The van der Waals surface area contributed by atoms with Crippen LogP contribution in [0.2, 0.25) is 0 Å². The molecule has 0 unspecified atom stereocenters. The van der Waals surface area contributed by atoms with Gasteiger partial charge in [-0.05, 0) is 19.3 Å². The van der Waals surface area contributed by atoms with Gasteiger partial charge in [-0.1, -0.05) is 38.0 Å². The van der Waals surface area contributed by atoms with Gasteiger partial charge in [0.05, 0.1) is 0 Å². The minimum absolute atomic E-state index is 0.139. The van der Waals surface area contributed by atoms with Gasteiger partial charge in [0, 0.05) is 24.4 Å². The standard InChI is InChI=1S/C17H24N4O3/c1-10(2)14-9-12(19-23-14)17(22)21-8-6-5-7-13(21)16-18-15(11(3)4)20-24-16/h9-11,13H,5-8H2,1-4H3/t13-/m1/s1. The van der Waals surface area contributed by atoms with E-state index < -0.39 is 0 Å². The van der Waals surface area contributed by atoms with Crippen molar-refractivity contribution in [1.82, 2.24) is 20.2 Å². The molecule has 1 saturated heterocycles. The Bertz CT molecular complexity index is 704. The number of carbonyl (C=O) groups excluding carboxylic acids is 1. The lowest BCUT2D eigenvalue weighted by Gasteiger charge is -2.32. The van der Waals surface area contributed by atoms with Gasteiger partial charge in [0.1, 0.15) is 11.8 Å². The van der Waals surface area contributed by atoms with Crippen LogP contribution >= 0.6 is 0 Å². The van der Waals surface area contributed by atoms with Crippen molar-refractivity contribution in [2.75, 3.05) is 6.54 Å². The molecule has 3 rings (SSSR count). The van der Waals surface area contributed by atoms with Crippen LogP contribution in [0.4, 0.5) is 0 Å². The molecule has 3 heterocycles. The molecule has 0 aromatic carbocycles. The number of nitrogens with zero attached hydrogens (tertiary/aromatic N) is 4. The summed E-state index contributed by atoms with van der Waals surface area (Å²) in [7, 11) is 0. The van der Waals surface area contributed by atoms with E-state index in [0.29, 0.717) is 29.7 Å². The van der Waals surface area contributed by atoms with Crippen molar-refractivity contribution in [2.24, 2.45) is 0 Å². The van der Waals surface area contributed by atoms with Crippen LogP contribution in [0.3, 0.4) is 0 Å². The monoisotopic (exact) mass is 332 g/mol. The fourth-order valence-corrected chi connectivity index (χ4v) is 2.86. The Morgan fingerprint density at radius 1 is 1.17 bits per heavy atom. The molecular weight excluding hydrogens is 308 g/mol. The summed E-state index contributed by atoms with van der Waals surface area (Å²) in [5.74, 6) is 2.15. The van der Waals surface area contributed by atoms with Crippen molar-refractivity contribution in [3.8, 4) is 0 Å². The summed E-state index contributed by atoms with van der Waals surface area (Å²) >= 11 is 0. The first-order valence-electron chi connectivity index (χ1n) is 8.58. The van der Waals surface area contributed by atoms with Crippen molar-refractivity contribution in [1.29, 1.82) is 0 Å². The van der Waals surface area contributed by atoms with E-state index in [1.807, 2.05) is 27.7 Å². The van der Waals surface area contributed by atoms with Gasteiger partial charge in [-0.3, -0.25) is 4.79 Å². The van der Waals surface area contributed by atoms with E-state index in [1.165, 1.54) is 0 Å².